The van der Waals surface area contributed by atoms with Gasteiger partial charge in [-0.1, -0.05) is 36.4 Å². The first kappa shape index (κ1) is 25.1. The molecule has 0 radical (unpaired) electrons. The molecule has 7 nitrogen and oxygen atoms in total. The molecule has 0 bridgehead atoms. The SMILES string of the molecule is COc1cccc(C(=O)N2C[C@H](C(=O)N(C)Cc3ccccc3)[C@H](c3cc(OC)ccc3OC)C2)c1. The fourth-order valence-corrected chi connectivity index (χ4v) is 4.82. The number of methoxy groups -OCH3 is 3. The molecular weight excluding hydrogens is 456 g/mol. The zero-order chi connectivity index (χ0) is 25.7. The Balaban J connectivity index is 1.67. The highest BCUT2D eigenvalue weighted by molar-refractivity contribution is 5.95. The third-order valence-corrected chi connectivity index (χ3v) is 6.72. The Kier molecular flexibility index (Phi) is 7.78. The Labute approximate surface area is 212 Å². The molecule has 0 aliphatic carbocycles. The van der Waals surface area contributed by atoms with Gasteiger partial charge in [-0.25, -0.2) is 0 Å². The number of amides is 2. The van der Waals surface area contributed by atoms with Gasteiger partial charge in [0.2, 0.25) is 5.91 Å². The Morgan fingerprint density at radius 3 is 2.28 bits per heavy atom. The normalized spacial score (nSPS) is 16.9. The van der Waals surface area contributed by atoms with Crippen LogP contribution in [0.1, 0.15) is 27.4 Å². The molecule has 3 aromatic carbocycles. The molecular formula is C29H32N2O5. The predicted octanol–water partition coefficient (Wildman–Crippen LogP) is 4.23. The molecule has 0 N–H and O–H groups in total. The topological polar surface area (TPSA) is 68.3 Å². The second-order valence-corrected chi connectivity index (χ2v) is 8.94. The van der Waals surface area contributed by atoms with Crippen LogP contribution in [0.5, 0.6) is 17.2 Å². The Morgan fingerprint density at radius 2 is 1.58 bits per heavy atom. The van der Waals surface area contributed by atoms with E-state index in [0.29, 0.717) is 42.4 Å². The molecule has 0 unspecified atom stereocenters. The number of likely N-dealkylation sites (tertiary alicyclic amines) is 1. The molecule has 2 amide bonds. The third-order valence-electron chi connectivity index (χ3n) is 6.72. The number of carbonyl (C=O) groups is 2. The number of ether oxygens (including phenoxy) is 3. The first-order valence-corrected chi connectivity index (χ1v) is 11.9. The highest BCUT2D eigenvalue weighted by Crippen LogP contribution is 2.40. The minimum Gasteiger partial charge on any atom is -0.497 e. The maximum Gasteiger partial charge on any atom is 0.254 e. The number of benzene rings is 3. The van der Waals surface area contributed by atoms with Crippen LogP contribution < -0.4 is 14.2 Å². The quantitative estimate of drug-likeness (QED) is 0.475. The van der Waals surface area contributed by atoms with Gasteiger partial charge in [-0.05, 0) is 42.0 Å². The van der Waals surface area contributed by atoms with Crippen LogP contribution in [-0.2, 0) is 11.3 Å². The van der Waals surface area contributed by atoms with E-state index in [1.165, 1.54) is 0 Å². The van der Waals surface area contributed by atoms with E-state index in [9.17, 15) is 9.59 Å². The Hall–Kier alpha value is -4.00. The average Bonchev–Trinajstić information content (AvgIpc) is 3.37. The van der Waals surface area contributed by atoms with E-state index in [1.54, 1.807) is 55.4 Å². The zero-order valence-electron chi connectivity index (χ0n) is 21.1. The fraction of sp³-hybridized carbons (Fsp3) is 0.310. The first-order chi connectivity index (χ1) is 17.4. The molecule has 1 aliphatic heterocycles. The smallest absolute Gasteiger partial charge is 0.254 e. The van der Waals surface area contributed by atoms with Gasteiger partial charge >= 0.3 is 0 Å². The third kappa shape index (κ3) is 5.30. The van der Waals surface area contributed by atoms with Gasteiger partial charge in [0.05, 0.1) is 27.2 Å². The van der Waals surface area contributed by atoms with E-state index in [0.717, 1.165) is 11.1 Å². The van der Waals surface area contributed by atoms with Crippen molar-refractivity contribution in [1.29, 1.82) is 0 Å². The van der Waals surface area contributed by atoms with Crippen molar-refractivity contribution in [3.05, 3.63) is 89.5 Å². The maximum absolute atomic E-state index is 13.8. The summed E-state index contributed by atoms with van der Waals surface area (Å²) in [7, 11) is 6.59. The van der Waals surface area contributed by atoms with Crippen molar-refractivity contribution < 1.29 is 23.8 Å². The van der Waals surface area contributed by atoms with Gasteiger partial charge < -0.3 is 24.0 Å². The molecule has 1 aliphatic rings. The van der Waals surface area contributed by atoms with Crippen LogP contribution in [-0.4, -0.2) is 63.1 Å². The molecule has 2 atom stereocenters. The van der Waals surface area contributed by atoms with Gasteiger partial charge in [0.1, 0.15) is 17.2 Å². The van der Waals surface area contributed by atoms with Gasteiger partial charge in [-0.15, -0.1) is 0 Å². The summed E-state index contributed by atoms with van der Waals surface area (Å²) < 4.78 is 16.4. The first-order valence-electron chi connectivity index (χ1n) is 11.9. The summed E-state index contributed by atoms with van der Waals surface area (Å²) in [4.78, 5) is 30.8. The summed E-state index contributed by atoms with van der Waals surface area (Å²) in [6.45, 7) is 1.18. The molecule has 3 aromatic rings. The monoisotopic (exact) mass is 488 g/mol. The zero-order valence-corrected chi connectivity index (χ0v) is 21.1. The van der Waals surface area contributed by atoms with Crippen molar-refractivity contribution in [3.63, 3.8) is 0 Å². The predicted molar refractivity (Wildman–Crippen MR) is 138 cm³/mol. The van der Waals surface area contributed by atoms with Crippen molar-refractivity contribution in [2.75, 3.05) is 41.5 Å². The minimum absolute atomic E-state index is 0.0188. The number of carbonyl (C=O) groups excluding carboxylic acids is 2. The molecule has 0 aromatic heterocycles. The lowest BCUT2D eigenvalue weighted by atomic mass is 9.87. The van der Waals surface area contributed by atoms with Crippen LogP contribution in [0.2, 0.25) is 0 Å². The highest BCUT2D eigenvalue weighted by Gasteiger charge is 2.43. The summed E-state index contributed by atoms with van der Waals surface area (Å²) in [6, 6.07) is 22.5. The fourth-order valence-electron chi connectivity index (χ4n) is 4.82. The summed E-state index contributed by atoms with van der Waals surface area (Å²) in [5, 5.41) is 0. The molecule has 0 saturated carbocycles. The molecule has 1 fully saturated rings. The van der Waals surface area contributed by atoms with E-state index >= 15 is 0 Å². The molecule has 7 heteroatoms. The van der Waals surface area contributed by atoms with Crippen molar-refractivity contribution in [1.82, 2.24) is 9.80 Å². The van der Waals surface area contributed by atoms with Crippen molar-refractivity contribution >= 4 is 11.8 Å². The molecule has 4 rings (SSSR count). The number of hydrogen-bond acceptors (Lipinski definition) is 5. The number of nitrogens with zero attached hydrogens (tertiary/aromatic N) is 2. The molecule has 36 heavy (non-hydrogen) atoms. The van der Waals surface area contributed by atoms with Crippen LogP contribution in [0.15, 0.2) is 72.8 Å². The lowest BCUT2D eigenvalue weighted by Crippen LogP contribution is -2.36. The minimum atomic E-state index is -0.436. The van der Waals surface area contributed by atoms with Crippen LogP contribution in [0.25, 0.3) is 0 Å². The van der Waals surface area contributed by atoms with Crippen LogP contribution in [0.3, 0.4) is 0 Å². The van der Waals surface area contributed by atoms with Gasteiger partial charge in [0, 0.05) is 43.7 Å². The van der Waals surface area contributed by atoms with E-state index in [4.69, 9.17) is 14.2 Å². The molecule has 188 valence electrons. The summed E-state index contributed by atoms with van der Waals surface area (Å²) in [5.74, 6) is 1.11. The largest absolute Gasteiger partial charge is 0.497 e. The number of hydrogen-bond donors (Lipinski definition) is 0. The standard InChI is InChI=1S/C29H32N2O5/c1-30(17-20-9-6-5-7-10-20)29(33)26-19-31(28(32)21-11-8-12-22(15-21)34-2)18-25(26)24-16-23(35-3)13-14-27(24)36-4/h5-16,25-26H,17-19H2,1-4H3/t25-,26-/m0/s1. The van der Waals surface area contributed by atoms with E-state index < -0.39 is 5.92 Å². The summed E-state index contributed by atoms with van der Waals surface area (Å²) >= 11 is 0. The molecule has 1 heterocycles. The van der Waals surface area contributed by atoms with Crippen LogP contribution >= 0.6 is 0 Å². The van der Waals surface area contributed by atoms with E-state index in [-0.39, 0.29) is 17.7 Å². The van der Waals surface area contributed by atoms with Crippen molar-refractivity contribution in [2.24, 2.45) is 5.92 Å². The van der Waals surface area contributed by atoms with Crippen molar-refractivity contribution in [2.45, 2.75) is 12.5 Å². The van der Waals surface area contributed by atoms with Crippen LogP contribution in [0.4, 0.5) is 0 Å². The lowest BCUT2D eigenvalue weighted by Gasteiger charge is -2.25. The van der Waals surface area contributed by atoms with Crippen molar-refractivity contribution in [3.8, 4) is 17.2 Å². The second kappa shape index (κ2) is 11.2. The summed E-state index contributed by atoms with van der Waals surface area (Å²) in [6.07, 6.45) is 0. The number of rotatable bonds is 8. The lowest BCUT2D eigenvalue weighted by molar-refractivity contribution is -0.134. The molecule has 1 saturated heterocycles. The van der Waals surface area contributed by atoms with Gasteiger partial charge in [0.15, 0.2) is 0 Å². The maximum atomic E-state index is 13.8. The van der Waals surface area contributed by atoms with Gasteiger partial charge in [-0.3, -0.25) is 9.59 Å². The van der Waals surface area contributed by atoms with Gasteiger partial charge in [-0.2, -0.15) is 0 Å². The van der Waals surface area contributed by atoms with Crippen LogP contribution in [0, 0.1) is 5.92 Å². The Morgan fingerprint density at radius 1 is 0.861 bits per heavy atom. The molecule has 0 spiro atoms. The average molecular weight is 489 g/mol. The Bertz CT molecular complexity index is 1210. The second-order valence-electron chi connectivity index (χ2n) is 8.94. The van der Waals surface area contributed by atoms with Gasteiger partial charge in [0.25, 0.3) is 5.91 Å². The van der Waals surface area contributed by atoms with E-state index in [2.05, 4.69) is 0 Å². The highest BCUT2D eigenvalue weighted by atomic mass is 16.5. The van der Waals surface area contributed by atoms with E-state index in [1.807, 2.05) is 55.6 Å². The summed E-state index contributed by atoms with van der Waals surface area (Å²) in [5.41, 5.74) is 2.42.